The zero-order chi connectivity index (χ0) is 21.1. The minimum atomic E-state index is 0. The molecule has 0 radical (unpaired) electrons. The van der Waals surface area contributed by atoms with Crippen LogP contribution in [0.3, 0.4) is 0 Å². The molecule has 1 aromatic carbocycles. The van der Waals surface area contributed by atoms with Gasteiger partial charge < -0.3 is 25.8 Å². The lowest BCUT2D eigenvalue weighted by Gasteiger charge is -2.28. The molecule has 1 aliphatic heterocycles. The minimum Gasteiger partial charge on any atom is -0.360 e. The third-order valence-corrected chi connectivity index (χ3v) is 5.41. The molecule has 1 atom stereocenters. The van der Waals surface area contributed by atoms with Crippen LogP contribution in [0, 0.1) is 0 Å². The van der Waals surface area contributed by atoms with Crippen LogP contribution in [0.5, 0.6) is 0 Å². The van der Waals surface area contributed by atoms with Gasteiger partial charge >= 0.3 is 0 Å². The van der Waals surface area contributed by atoms with Gasteiger partial charge in [-0.15, -0.1) is 24.0 Å². The quantitative estimate of drug-likeness (QED) is 0.246. The van der Waals surface area contributed by atoms with E-state index in [1.165, 1.54) is 12.0 Å². The molecular formula is C22H39IN6O. The molecule has 0 aliphatic carbocycles. The number of anilines is 1. The number of aliphatic imine (C=N–C) groups is 1. The van der Waals surface area contributed by atoms with Crippen LogP contribution in [0.2, 0.25) is 0 Å². The highest BCUT2D eigenvalue weighted by molar-refractivity contribution is 14.0. The van der Waals surface area contributed by atoms with E-state index in [0.717, 1.165) is 44.2 Å². The molecule has 170 valence electrons. The van der Waals surface area contributed by atoms with E-state index in [-0.39, 0.29) is 29.9 Å². The maximum Gasteiger partial charge on any atom is 0.239 e. The first-order valence-electron chi connectivity index (χ1n) is 10.9. The van der Waals surface area contributed by atoms with Crippen molar-refractivity contribution >= 4 is 41.5 Å². The number of rotatable bonds is 10. The number of nitrogens with zero attached hydrogens (tertiary/aromatic N) is 3. The fraction of sp³-hybridized carbons (Fsp3) is 0.636. The van der Waals surface area contributed by atoms with Crippen molar-refractivity contribution in [2.24, 2.45) is 4.99 Å². The molecule has 7 nitrogen and oxygen atoms in total. The van der Waals surface area contributed by atoms with Crippen molar-refractivity contribution in [1.82, 2.24) is 20.9 Å². The predicted molar refractivity (Wildman–Crippen MR) is 137 cm³/mol. The average Bonchev–Trinajstić information content (AvgIpc) is 2.74. The van der Waals surface area contributed by atoms with Crippen LogP contribution in [0.4, 0.5) is 5.69 Å². The molecule has 1 amide bonds. The van der Waals surface area contributed by atoms with Crippen molar-refractivity contribution in [1.29, 1.82) is 0 Å². The van der Waals surface area contributed by atoms with Gasteiger partial charge in [0.15, 0.2) is 5.96 Å². The van der Waals surface area contributed by atoms with Gasteiger partial charge in [-0.05, 0) is 57.1 Å². The topological polar surface area (TPSA) is 72.0 Å². The molecule has 1 saturated heterocycles. The number of amides is 1. The van der Waals surface area contributed by atoms with E-state index in [4.69, 9.17) is 0 Å². The molecule has 1 fully saturated rings. The second kappa shape index (κ2) is 14.5. The molecule has 1 heterocycles. The Labute approximate surface area is 199 Å². The summed E-state index contributed by atoms with van der Waals surface area (Å²) < 4.78 is 0. The fourth-order valence-electron chi connectivity index (χ4n) is 3.53. The average molecular weight is 530 g/mol. The van der Waals surface area contributed by atoms with E-state index in [9.17, 15) is 4.79 Å². The van der Waals surface area contributed by atoms with Gasteiger partial charge in [-0.3, -0.25) is 9.79 Å². The van der Waals surface area contributed by atoms with Gasteiger partial charge in [-0.2, -0.15) is 0 Å². The SMILES string of the molecule is CCN(CC)CCCC(C)NC(=NC)NCc1ccc(N2CCNC(=O)C2)cc1.I. The molecule has 1 aromatic rings. The highest BCUT2D eigenvalue weighted by Crippen LogP contribution is 2.16. The Kier molecular flexibility index (Phi) is 12.8. The van der Waals surface area contributed by atoms with Crippen molar-refractivity contribution in [2.75, 3.05) is 51.2 Å². The molecule has 8 heteroatoms. The predicted octanol–water partition coefficient (Wildman–Crippen LogP) is 2.42. The molecule has 1 aliphatic rings. The lowest BCUT2D eigenvalue weighted by molar-refractivity contribution is -0.120. The van der Waals surface area contributed by atoms with E-state index in [2.05, 4.69) is 75.8 Å². The number of carbonyl (C=O) groups excluding carboxylic acids is 1. The van der Waals surface area contributed by atoms with Gasteiger partial charge in [-0.25, -0.2) is 0 Å². The molecular weight excluding hydrogens is 491 g/mol. The summed E-state index contributed by atoms with van der Waals surface area (Å²) in [4.78, 5) is 20.5. The Hall–Kier alpha value is -1.55. The summed E-state index contributed by atoms with van der Waals surface area (Å²) in [6, 6.07) is 8.76. The normalized spacial score (nSPS) is 15.4. The first-order valence-corrected chi connectivity index (χ1v) is 10.9. The van der Waals surface area contributed by atoms with Gasteiger partial charge in [0.1, 0.15) is 0 Å². The Morgan fingerprint density at radius 2 is 1.97 bits per heavy atom. The van der Waals surface area contributed by atoms with Gasteiger partial charge in [0.05, 0.1) is 6.54 Å². The van der Waals surface area contributed by atoms with Crippen molar-refractivity contribution in [2.45, 2.75) is 46.2 Å². The summed E-state index contributed by atoms with van der Waals surface area (Å²) in [6.45, 7) is 12.7. The van der Waals surface area contributed by atoms with Gasteiger partial charge in [0.25, 0.3) is 0 Å². The van der Waals surface area contributed by atoms with Crippen molar-refractivity contribution < 1.29 is 4.79 Å². The minimum absolute atomic E-state index is 0. The van der Waals surface area contributed by atoms with Crippen LogP contribution in [-0.4, -0.2) is 69.1 Å². The number of halogens is 1. The molecule has 1 unspecified atom stereocenters. The number of nitrogens with one attached hydrogen (secondary N) is 3. The molecule has 3 N–H and O–H groups in total. The van der Waals surface area contributed by atoms with E-state index < -0.39 is 0 Å². The van der Waals surface area contributed by atoms with E-state index in [1.807, 2.05) is 7.05 Å². The number of benzene rings is 1. The Morgan fingerprint density at radius 3 is 2.57 bits per heavy atom. The monoisotopic (exact) mass is 530 g/mol. The molecule has 0 spiro atoms. The zero-order valence-corrected chi connectivity index (χ0v) is 21.2. The summed E-state index contributed by atoms with van der Waals surface area (Å²) >= 11 is 0. The Balaban J connectivity index is 0.00000450. The summed E-state index contributed by atoms with van der Waals surface area (Å²) in [7, 11) is 1.81. The number of hydrogen-bond acceptors (Lipinski definition) is 4. The molecule has 30 heavy (non-hydrogen) atoms. The lowest BCUT2D eigenvalue weighted by atomic mass is 10.1. The van der Waals surface area contributed by atoms with E-state index in [1.54, 1.807) is 0 Å². The Morgan fingerprint density at radius 1 is 1.27 bits per heavy atom. The third kappa shape index (κ3) is 9.07. The second-order valence-electron chi connectivity index (χ2n) is 7.58. The summed E-state index contributed by atoms with van der Waals surface area (Å²) in [5.41, 5.74) is 2.28. The highest BCUT2D eigenvalue weighted by atomic mass is 127. The van der Waals surface area contributed by atoms with Crippen LogP contribution in [0.25, 0.3) is 0 Å². The molecule has 0 aromatic heterocycles. The first kappa shape index (κ1) is 26.5. The summed E-state index contributed by atoms with van der Waals surface area (Å²) in [5.74, 6) is 0.917. The second-order valence-corrected chi connectivity index (χ2v) is 7.58. The lowest BCUT2D eigenvalue weighted by Crippen LogP contribution is -2.47. The highest BCUT2D eigenvalue weighted by Gasteiger charge is 2.16. The van der Waals surface area contributed by atoms with Crippen LogP contribution in [-0.2, 0) is 11.3 Å². The number of guanidine groups is 1. The van der Waals surface area contributed by atoms with Gasteiger partial charge in [-0.1, -0.05) is 26.0 Å². The van der Waals surface area contributed by atoms with Crippen LogP contribution >= 0.6 is 24.0 Å². The van der Waals surface area contributed by atoms with Crippen LogP contribution in [0.1, 0.15) is 39.2 Å². The largest absolute Gasteiger partial charge is 0.360 e. The molecule has 0 saturated carbocycles. The van der Waals surface area contributed by atoms with E-state index >= 15 is 0 Å². The van der Waals surface area contributed by atoms with Crippen molar-refractivity contribution in [3.05, 3.63) is 29.8 Å². The third-order valence-electron chi connectivity index (χ3n) is 5.41. The Bertz CT molecular complexity index is 648. The maximum atomic E-state index is 11.6. The standard InChI is InChI=1S/C22H38N6O.HI/c1-5-27(6-2)14-7-8-18(3)26-22(23-4)25-16-19-9-11-20(12-10-19)28-15-13-24-21(29)17-28;/h9-12,18H,5-8,13-17H2,1-4H3,(H,24,29)(H2,23,25,26);1H. The van der Waals surface area contributed by atoms with Gasteiger partial charge in [0, 0.05) is 38.4 Å². The maximum absolute atomic E-state index is 11.6. The van der Waals surface area contributed by atoms with Gasteiger partial charge in [0.2, 0.25) is 5.91 Å². The fourth-order valence-corrected chi connectivity index (χ4v) is 3.53. The van der Waals surface area contributed by atoms with E-state index in [0.29, 0.717) is 25.7 Å². The first-order chi connectivity index (χ1) is 14.0. The number of piperazine rings is 1. The van der Waals surface area contributed by atoms with Crippen molar-refractivity contribution in [3.8, 4) is 0 Å². The van der Waals surface area contributed by atoms with Crippen LogP contribution in [0.15, 0.2) is 29.3 Å². The molecule has 0 bridgehead atoms. The zero-order valence-electron chi connectivity index (χ0n) is 18.9. The van der Waals surface area contributed by atoms with Crippen molar-refractivity contribution in [3.63, 3.8) is 0 Å². The molecule has 2 rings (SSSR count). The number of hydrogen-bond donors (Lipinski definition) is 3. The smallest absolute Gasteiger partial charge is 0.239 e. The van der Waals surface area contributed by atoms with Crippen LogP contribution < -0.4 is 20.9 Å². The summed E-state index contributed by atoms with van der Waals surface area (Å²) in [6.07, 6.45) is 2.30. The number of carbonyl (C=O) groups is 1. The summed E-state index contributed by atoms with van der Waals surface area (Å²) in [5, 5.41) is 9.74.